The van der Waals surface area contributed by atoms with Crippen molar-refractivity contribution in [3.63, 3.8) is 0 Å². The normalized spacial score (nSPS) is 17.2. The summed E-state index contributed by atoms with van der Waals surface area (Å²) < 4.78 is 0. The predicted molar refractivity (Wildman–Crippen MR) is 110 cm³/mol. The Bertz CT molecular complexity index is 352. The molecule has 0 aromatic rings. The second kappa shape index (κ2) is 16.6. The lowest BCUT2D eigenvalue weighted by atomic mass is 10.1. The molecule has 3 heteroatoms. The van der Waals surface area contributed by atoms with E-state index >= 15 is 0 Å². The van der Waals surface area contributed by atoms with Gasteiger partial charge in [0.05, 0.1) is 11.9 Å². The molecule has 2 N–H and O–H groups in total. The summed E-state index contributed by atoms with van der Waals surface area (Å²) in [5.41, 5.74) is 0. The zero-order valence-corrected chi connectivity index (χ0v) is 16.6. The summed E-state index contributed by atoms with van der Waals surface area (Å²) in [6, 6.07) is 0.308. The SMILES string of the molecule is CCCCCCCCC=CCCCCCCCC1=NC(CCO)CN1. The summed E-state index contributed by atoms with van der Waals surface area (Å²) in [6.07, 6.45) is 24.2. The first kappa shape index (κ1) is 22.2. The molecule has 0 saturated heterocycles. The molecule has 1 rings (SSSR count). The third-order valence-corrected chi connectivity index (χ3v) is 5.02. The molecule has 0 aliphatic carbocycles. The van der Waals surface area contributed by atoms with Gasteiger partial charge in [-0.15, -0.1) is 0 Å². The minimum atomic E-state index is 0.247. The lowest BCUT2D eigenvalue weighted by molar-refractivity contribution is 0.278. The maximum absolute atomic E-state index is 8.93. The summed E-state index contributed by atoms with van der Waals surface area (Å²) in [5, 5.41) is 12.3. The van der Waals surface area contributed by atoms with Crippen molar-refractivity contribution in [1.29, 1.82) is 0 Å². The van der Waals surface area contributed by atoms with Gasteiger partial charge in [-0.25, -0.2) is 0 Å². The Kier molecular flexibility index (Phi) is 14.8. The van der Waals surface area contributed by atoms with Gasteiger partial charge in [-0.05, 0) is 38.5 Å². The molecule has 0 fully saturated rings. The van der Waals surface area contributed by atoms with Crippen molar-refractivity contribution in [3.8, 4) is 0 Å². The van der Waals surface area contributed by atoms with Crippen molar-refractivity contribution in [2.75, 3.05) is 13.2 Å². The highest BCUT2D eigenvalue weighted by molar-refractivity contribution is 5.83. The van der Waals surface area contributed by atoms with Gasteiger partial charge in [0.1, 0.15) is 0 Å². The number of unbranched alkanes of at least 4 members (excludes halogenated alkanes) is 11. The summed E-state index contributed by atoms with van der Waals surface area (Å²) in [7, 11) is 0. The number of aliphatic hydroxyl groups excluding tert-OH is 1. The zero-order chi connectivity index (χ0) is 18.0. The molecule has 1 unspecified atom stereocenters. The lowest BCUT2D eigenvalue weighted by Crippen LogP contribution is -2.21. The monoisotopic (exact) mass is 350 g/mol. The number of nitrogens with one attached hydrogen (secondary N) is 1. The van der Waals surface area contributed by atoms with Gasteiger partial charge in [0, 0.05) is 19.6 Å². The molecule has 0 aromatic carbocycles. The van der Waals surface area contributed by atoms with Crippen molar-refractivity contribution in [2.24, 2.45) is 4.99 Å². The highest BCUT2D eigenvalue weighted by Crippen LogP contribution is 2.11. The predicted octanol–water partition coefficient (Wildman–Crippen LogP) is 5.78. The number of nitrogens with zero attached hydrogens (tertiary/aromatic N) is 1. The molecule has 3 nitrogen and oxygen atoms in total. The third kappa shape index (κ3) is 13.1. The Morgan fingerprint density at radius 1 is 0.920 bits per heavy atom. The van der Waals surface area contributed by atoms with E-state index in [0.29, 0.717) is 6.04 Å². The van der Waals surface area contributed by atoms with E-state index in [1.165, 1.54) is 83.5 Å². The lowest BCUT2D eigenvalue weighted by Gasteiger charge is -2.02. The molecule has 1 atom stereocenters. The van der Waals surface area contributed by atoms with Crippen molar-refractivity contribution in [3.05, 3.63) is 12.2 Å². The Labute approximate surface area is 156 Å². The van der Waals surface area contributed by atoms with Gasteiger partial charge in [-0.1, -0.05) is 70.4 Å². The number of amidine groups is 1. The van der Waals surface area contributed by atoms with E-state index in [2.05, 4.69) is 29.4 Å². The van der Waals surface area contributed by atoms with E-state index < -0.39 is 0 Å². The maximum atomic E-state index is 8.93. The fourth-order valence-corrected chi connectivity index (χ4v) is 3.38. The van der Waals surface area contributed by atoms with Crippen LogP contribution in [0.1, 0.15) is 103 Å². The van der Waals surface area contributed by atoms with Gasteiger partial charge >= 0.3 is 0 Å². The van der Waals surface area contributed by atoms with Crippen molar-refractivity contribution in [1.82, 2.24) is 5.32 Å². The second-order valence-corrected chi connectivity index (χ2v) is 7.46. The number of hydrogen-bond donors (Lipinski definition) is 2. The number of allylic oxidation sites excluding steroid dienone is 2. The standard InChI is InChI=1S/C22H42N2O/c1-2-3-4-5-6-7-8-9-10-11-12-13-14-15-16-17-22-23-20-21(24-22)18-19-25/h9-10,21,25H,2-8,11-20H2,1H3,(H,23,24). The van der Waals surface area contributed by atoms with E-state index in [1.807, 2.05) is 0 Å². The first-order valence-electron chi connectivity index (χ1n) is 10.9. The quantitative estimate of drug-likeness (QED) is 0.258. The minimum absolute atomic E-state index is 0.247. The average Bonchev–Trinajstić information content (AvgIpc) is 3.06. The van der Waals surface area contributed by atoms with Gasteiger partial charge < -0.3 is 10.4 Å². The molecule has 1 heterocycles. The van der Waals surface area contributed by atoms with Crippen LogP contribution >= 0.6 is 0 Å². The van der Waals surface area contributed by atoms with E-state index in [4.69, 9.17) is 5.11 Å². The van der Waals surface area contributed by atoms with E-state index in [1.54, 1.807) is 0 Å². The van der Waals surface area contributed by atoms with Gasteiger partial charge in [0.15, 0.2) is 0 Å². The van der Waals surface area contributed by atoms with Crippen molar-refractivity contribution in [2.45, 2.75) is 109 Å². The molecule has 146 valence electrons. The average molecular weight is 351 g/mol. The van der Waals surface area contributed by atoms with Crippen LogP contribution in [0.3, 0.4) is 0 Å². The summed E-state index contributed by atoms with van der Waals surface area (Å²) in [6.45, 7) is 3.44. The fraction of sp³-hybridized carbons (Fsp3) is 0.864. The molecule has 1 aliphatic rings. The van der Waals surface area contributed by atoms with Crippen LogP contribution in [0.4, 0.5) is 0 Å². The van der Waals surface area contributed by atoms with Crippen LogP contribution in [0.25, 0.3) is 0 Å². The zero-order valence-electron chi connectivity index (χ0n) is 16.6. The molecule has 0 amide bonds. The summed E-state index contributed by atoms with van der Waals surface area (Å²) >= 11 is 0. The topological polar surface area (TPSA) is 44.6 Å². The van der Waals surface area contributed by atoms with E-state index in [9.17, 15) is 0 Å². The summed E-state index contributed by atoms with van der Waals surface area (Å²) in [5.74, 6) is 1.16. The maximum Gasteiger partial charge on any atom is 0.0968 e. The van der Waals surface area contributed by atoms with Crippen LogP contribution in [0.5, 0.6) is 0 Å². The molecular weight excluding hydrogens is 308 g/mol. The minimum Gasteiger partial charge on any atom is -0.396 e. The van der Waals surface area contributed by atoms with E-state index in [0.717, 1.165) is 25.2 Å². The van der Waals surface area contributed by atoms with Crippen LogP contribution in [-0.2, 0) is 0 Å². The van der Waals surface area contributed by atoms with Crippen LogP contribution in [0.15, 0.2) is 17.1 Å². The molecule has 0 radical (unpaired) electrons. The Morgan fingerprint density at radius 3 is 2.16 bits per heavy atom. The number of aliphatic imine (C=N–C) groups is 1. The Balaban J connectivity index is 1.80. The van der Waals surface area contributed by atoms with E-state index in [-0.39, 0.29) is 6.61 Å². The molecule has 25 heavy (non-hydrogen) atoms. The fourth-order valence-electron chi connectivity index (χ4n) is 3.38. The smallest absolute Gasteiger partial charge is 0.0968 e. The molecule has 1 aliphatic heterocycles. The van der Waals surface area contributed by atoms with Crippen LogP contribution in [0, 0.1) is 0 Å². The van der Waals surface area contributed by atoms with Crippen LogP contribution in [0.2, 0.25) is 0 Å². The largest absolute Gasteiger partial charge is 0.396 e. The Morgan fingerprint density at radius 2 is 1.52 bits per heavy atom. The van der Waals surface area contributed by atoms with Gasteiger partial charge in [-0.3, -0.25) is 4.99 Å². The van der Waals surface area contributed by atoms with Gasteiger partial charge in [0.2, 0.25) is 0 Å². The van der Waals surface area contributed by atoms with Crippen molar-refractivity contribution >= 4 is 5.84 Å². The highest BCUT2D eigenvalue weighted by atomic mass is 16.3. The number of rotatable bonds is 17. The van der Waals surface area contributed by atoms with Gasteiger partial charge in [0.25, 0.3) is 0 Å². The van der Waals surface area contributed by atoms with Crippen LogP contribution < -0.4 is 5.32 Å². The third-order valence-electron chi connectivity index (χ3n) is 5.02. The van der Waals surface area contributed by atoms with Crippen molar-refractivity contribution < 1.29 is 5.11 Å². The molecule has 0 aromatic heterocycles. The first-order chi connectivity index (χ1) is 12.4. The molecule has 0 saturated carbocycles. The number of hydrogen-bond acceptors (Lipinski definition) is 3. The first-order valence-corrected chi connectivity index (χ1v) is 10.9. The summed E-state index contributed by atoms with van der Waals surface area (Å²) in [4.78, 5) is 4.62. The molecule has 0 spiro atoms. The second-order valence-electron chi connectivity index (χ2n) is 7.46. The van der Waals surface area contributed by atoms with Gasteiger partial charge in [-0.2, -0.15) is 0 Å². The number of aliphatic hydroxyl groups is 1. The van der Waals surface area contributed by atoms with Crippen LogP contribution in [-0.4, -0.2) is 30.1 Å². The highest BCUT2D eigenvalue weighted by Gasteiger charge is 2.15. The molecular formula is C22H42N2O. The Hall–Kier alpha value is -0.830. The molecule has 0 bridgehead atoms.